The summed E-state index contributed by atoms with van der Waals surface area (Å²) in [5.41, 5.74) is -0.320. The number of nitro groups is 1. The van der Waals surface area contributed by atoms with E-state index in [1.165, 1.54) is 0 Å². The number of phenols is 1. The Morgan fingerprint density at radius 3 is 2.75 bits per heavy atom. The minimum Gasteiger partial charge on any atom is -0.506 e. The Morgan fingerprint density at radius 2 is 2.17 bits per heavy atom. The third-order valence-electron chi connectivity index (χ3n) is 2.96. The highest BCUT2D eigenvalue weighted by molar-refractivity contribution is 9.10. The smallest absolute Gasteiger partial charge is 0.325 e. The molecule has 1 saturated heterocycles. The summed E-state index contributed by atoms with van der Waals surface area (Å²) in [6, 6.07) is 2.17. The van der Waals surface area contributed by atoms with Crippen molar-refractivity contribution in [1.82, 2.24) is 4.90 Å². The molecule has 1 aliphatic rings. The van der Waals surface area contributed by atoms with Gasteiger partial charge in [0.2, 0.25) is 0 Å². The van der Waals surface area contributed by atoms with Crippen molar-refractivity contribution >= 4 is 56.6 Å². The van der Waals surface area contributed by atoms with Gasteiger partial charge in [0.15, 0.2) is 0 Å². The zero-order valence-corrected chi connectivity index (χ0v) is 14.4. The Bertz CT molecular complexity index is 793. The monoisotopic (exact) mass is 416 g/mol. The van der Waals surface area contributed by atoms with E-state index in [1.807, 2.05) is 0 Å². The van der Waals surface area contributed by atoms with Crippen molar-refractivity contribution in [2.75, 3.05) is 13.7 Å². The molecule has 0 aliphatic carbocycles. The number of imide groups is 1. The van der Waals surface area contributed by atoms with E-state index in [4.69, 9.17) is 0 Å². The van der Waals surface area contributed by atoms with Crippen LogP contribution < -0.4 is 0 Å². The van der Waals surface area contributed by atoms with Crippen molar-refractivity contribution in [2.45, 2.75) is 0 Å². The van der Waals surface area contributed by atoms with Crippen LogP contribution in [0.25, 0.3) is 6.08 Å². The number of benzene rings is 1. The summed E-state index contributed by atoms with van der Waals surface area (Å²) in [5, 5.41) is 20.2. The molecule has 2 amide bonds. The molecule has 1 N–H and O–H groups in total. The molecular formula is C13H9BrN2O7S. The maximum atomic E-state index is 12.2. The van der Waals surface area contributed by atoms with Gasteiger partial charge in [0, 0.05) is 17.7 Å². The highest BCUT2D eigenvalue weighted by atomic mass is 79.9. The number of hydrogen-bond acceptors (Lipinski definition) is 8. The molecule has 0 unspecified atom stereocenters. The number of methoxy groups -OCH3 is 1. The van der Waals surface area contributed by atoms with Crippen LogP contribution in [-0.2, 0) is 14.3 Å². The number of non-ortho nitro benzene ring substituents is 1. The fourth-order valence-electron chi connectivity index (χ4n) is 1.79. The van der Waals surface area contributed by atoms with E-state index in [1.54, 1.807) is 0 Å². The molecule has 0 spiro atoms. The molecule has 9 nitrogen and oxygen atoms in total. The minimum atomic E-state index is -0.764. The Kier molecular flexibility index (Phi) is 5.24. The Labute approximate surface area is 147 Å². The van der Waals surface area contributed by atoms with Crippen molar-refractivity contribution in [3.05, 3.63) is 37.2 Å². The van der Waals surface area contributed by atoms with Gasteiger partial charge in [-0.15, -0.1) is 0 Å². The Balaban J connectivity index is 2.39. The molecule has 1 aliphatic heterocycles. The number of hydrogen-bond donors (Lipinski definition) is 1. The third-order valence-corrected chi connectivity index (χ3v) is 4.48. The second-order valence-corrected chi connectivity index (χ2v) is 6.31. The molecule has 0 atom stereocenters. The summed E-state index contributed by atoms with van der Waals surface area (Å²) >= 11 is 3.53. The van der Waals surface area contributed by atoms with Gasteiger partial charge in [-0.3, -0.25) is 29.4 Å². The molecular weight excluding hydrogens is 408 g/mol. The molecule has 0 aromatic heterocycles. The lowest BCUT2D eigenvalue weighted by Crippen LogP contribution is -2.34. The number of rotatable bonds is 4. The lowest BCUT2D eigenvalue weighted by Gasteiger charge is -2.09. The highest BCUT2D eigenvalue weighted by Gasteiger charge is 2.36. The number of phenolic OH excluding ortho intramolecular Hbond substituents is 1. The van der Waals surface area contributed by atoms with Crippen molar-refractivity contribution in [1.29, 1.82) is 0 Å². The van der Waals surface area contributed by atoms with Crippen LogP contribution in [0.5, 0.6) is 5.75 Å². The van der Waals surface area contributed by atoms with E-state index < -0.39 is 28.6 Å². The standard InChI is InChI=1S/C13H9BrN2O7S/c1-23-10(17)5-15-12(19)9(24-13(15)20)3-6-2-7(16(21)22)4-8(14)11(6)18/h2-4,18H,5H2,1H3/b9-3-. The number of nitro benzene ring substituents is 1. The van der Waals surface area contributed by atoms with Gasteiger partial charge in [-0.05, 0) is 33.8 Å². The SMILES string of the molecule is COC(=O)CN1C(=O)S/C(=C\c2cc([N+](=O)[O-])cc(Br)c2O)C1=O. The molecule has 0 radical (unpaired) electrons. The summed E-state index contributed by atoms with van der Waals surface area (Å²) in [7, 11) is 1.12. The molecule has 0 bridgehead atoms. The van der Waals surface area contributed by atoms with Crippen LogP contribution in [0.3, 0.4) is 0 Å². The fraction of sp³-hybridized carbons (Fsp3) is 0.154. The quantitative estimate of drug-likeness (QED) is 0.342. The molecule has 0 saturated carbocycles. The van der Waals surface area contributed by atoms with E-state index in [-0.39, 0.29) is 26.4 Å². The lowest BCUT2D eigenvalue weighted by atomic mass is 10.1. The van der Waals surface area contributed by atoms with Crippen molar-refractivity contribution in [2.24, 2.45) is 0 Å². The fourth-order valence-corrected chi connectivity index (χ4v) is 3.08. The number of amides is 2. The molecule has 1 heterocycles. The third kappa shape index (κ3) is 3.57. The van der Waals surface area contributed by atoms with Gasteiger partial charge >= 0.3 is 5.97 Å². The van der Waals surface area contributed by atoms with Crippen LogP contribution in [0, 0.1) is 10.1 Å². The highest BCUT2D eigenvalue weighted by Crippen LogP contribution is 2.37. The average molecular weight is 417 g/mol. The molecule has 24 heavy (non-hydrogen) atoms. The number of carbonyl (C=O) groups is 3. The summed E-state index contributed by atoms with van der Waals surface area (Å²) < 4.78 is 4.47. The van der Waals surface area contributed by atoms with Gasteiger partial charge < -0.3 is 9.84 Å². The van der Waals surface area contributed by atoms with Gasteiger partial charge in [0.25, 0.3) is 16.8 Å². The van der Waals surface area contributed by atoms with Gasteiger partial charge in [0.05, 0.1) is 21.4 Å². The number of thioether (sulfide) groups is 1. The van der Waals surface area contributed by atoms with Crippen LogP contribution in [0.15, 0.2) is 21.5 Å². The van der Waals surface area contributed by atoms with E-state index >= 15 is 0 Å². The van der Waals surface area contributed by atoms with E-state index in [2.05, 4.69) is 20.7 Å². The zero-order valence-electron chi connectivity index (χ0n) is 12.0. The maximum Gasteiger partial charge on any atom is 0.325 e. The first-order valence-corrected chi connectivity index (χ1v) is 7.84. The van der Waals surface area contributed by atoms with E-state index in [0.29, 0.717) is 16.7 Å². The number of carbonyl (C=O) groups excluding carboxylic acids is 3. The predicted molar refractivity (Wildman–Crippen MR) is 87.2 cm³/mol. The first-order valence-electron chi connectivity index (χ1n) is 6.23. The number of nitrogens with zero attached hydrogens (tertiary/aromatic N) is 2. The number of halogens is 1. The normalized spacial score (nSPS) is 15.9. The summed E-state index contributed by atoms with van der Waals surface area (Å²) in [4.78, 5) is 46.0. The Hall–Kier alpha value is -2.40. The number of aromatic hydroxyl groups is 1. The number of ether oxygens (including phenoxy) is 1. The van der Waals surface area contributed by atoms with Gasteiger partial charge in [-0.2, -0.15) is 0 Å². The lowest BCUT2D eigenvalue weighted by molar-refractivity contribution is -0.385. The van der Waals surface area contributed by atoms with E-state index in [0.717, 1.165) is 25.3 Å². The van der Waals surface area contributed by atoms with Crippen LogP contribution in [0.4, 0.5) is 10.5 Å². The van der Waals surface area contributed by atoms with E-state index in [9.17, 15) is 29.6 Å². The predicted octanol–water partition coefficient (Wildman–Crippen LogP) is 2.27. The summed E-state index contributed by atoms with van der Waals surface area (Å²) in [6.45, 7) is -0.539. The average Bonchev–Trinajstić information content (AvgIpc) is 2.78. The number of esters is 1. The van der Waals surface area contributed by atoms with Gasteiger partial charge in [-0.1, -0.05) is 0 Å². The second kappa shape index (κ2) is 7.01. The van der Waals surface area contributed by atoms with Crippen LogP contribution in [-0.4, -0.2) is 45.7 Å². The van der Waals surface area contributed by atoms with Crippen LogP contribution >= 0.6 is 27.7 Å². The maximum absolute atomic E-state index is 12.2. The van der Waals surface area contributed by atoms with Crippen LogP contribution in [0.2, 0.25) is 0 Å². The first kappa shape index (κ1) is 17.9. The van der Waals surface area contributed by atoms with Crippen molar-refractivity contribution in [3.63, 3.8) is 0 Å². The molecule has 126 valence electrons. The first-order chi connectivity index (χ1) is 11.2. The second-order valence-electron chi connectivity index (χ2n) is 4.47. The van der Waals surface area contributed by atoms with Gasteiger partial charge in [-0.25, -0.2) is 0 Å². The molecule has 1 aromatic rings. The molecule has 11 heteroatoms. The molecule has 2 rings (SSSR count). The summed E-state index contributed by atoms with van der Waals surface area (Å²) in [6.07, 6.45) is 1.15. The van der Waals surface area contributed by atoms with Crippen molar-refractivity contribution < 1.29 is 29.2 Å². The van der Waals surface area contributed by atoms with Gasteiger partial charge in [0.1, 0.15) is 12.3 Å². The largest absolute Gasteiger partial charge is 0.506 e. The topological polar surface area (TPSA) is 127 Å². The Morgan fingerprint density at radius 1 is 1.50 bits per heavy atom. The van der Waals surface area contributed by atoms with Crippen molar-refractivity contribution in [3.8, 4) is 5.75 Å². The molecule has 1 aromatic carbocycles. The summed E-state index contributed by atoms with van der Waals surface area (Å²) in [5.74, 6) is -1.84. The van der Waals surface area contributed by atoms with Crippen LogP contribution in [0.1, 0.15) is 5.56 Å². The molecule has 1 fully saturated rings. The minimum absolute atomic E-state index is 0.0142. The zero-order chi connectivity index (χ0) is 18.0.